The van der Waals surface area contributed by atoms with Crippen LogP contribution in [0.3, 0.4) is 0 Å². The summed E-state index contributed by atoms with van der Waals surface area (Å²) in [6.07, 6.45) is 1.50. The van der Waals surface area contributed by atoms with E-state index in [0.29, 0.717) is 21.8 Å². The molecule has 1 aromatic rings. The van der Waals surface area contributed by atoms with Crippen LogP contribution in [0.2, 0.25) is 5.02 Å². The van der Waals surface area contributed by atoms with Gasteiger partial charge in [-0.3, -0.25) is 10.1 Å². The van der Waals surface area contributed by atoms with Gasteiger partial charge in [-0.2, -0.15) is 0 Å². The molecule has 0 fully saturated rings. The molecule has 1 rings (SSSR count). The Morgan fingerprint density at radius 2 is 2.27 bits per heavy atom. The summed E-state index contributed by atoms with van der Waals surface area (Å²) in [5, 5.41) is 11.3. The van der Waals surface area contributed by atoms with Crippen molar-refractivity contribution in [2.75, 3.05) is 0 Å². The van der Waals surface area contributed by atoms with E-state index in [0.717, 1.165) is 6.42 Å². The van der Waals surface area contributed by atoms with Crippen LogP contribution < -0.4 is 0 Å². The number of rotatable bonds is 4. The molecule has 3 nitrogen and oxygen atoms in total. The molecular weight excluding hydrogens is 281 g/mol. The summed E-state index contributed by atoms with van der Waals surface area (Å²) < 4.78 is 0. The molecular formula is C10H11BrClNO2. The van der Waals surface area contributed by atoms with Crippen LogP contribution in [0.4, 0.5) is 5.69 Å². The molecule has 0 aliphatic rings. The van der Waals surface area contributed by atoms with Gasteiger partial charge in [0.05, 0.1) is 4.92 Å². The predicted octanol–water partition coefficient (Wildman–Crippen LogP) is 3.96. The number of nitrogens with zero attached hydrogens (tertiary/aromatic N) is 1. The molecule has 15 heavy (non-hydrogen) atoms. The van der Waals surface area contributed by atoms with Crippen molar-refractivity contribution in [1.29, 1.82) is 0 Å². The highest BCUT2D eigenvalue weighted by Crippen LogP contribution is 2.24. The van der Waals surface area contributed by atoms with Gasteiger partial charge in [0.2, 0.25) is 0 Å². The molecule has 0 radical (unpaired) electrons. The summed E-state index contributed by atoms with van der Waals surface area (Å²) in [6.45, 7) is 2.01. The second-order valence-corrected chi connectivity index (χ2v) is 5.35. The number of hydrogen-bond donors (Lipinski definition) is 0. The van der Waals surface area contributed by atoms with Crippen molar-refractivity contribution in [2.24, 2.45) is 0 Å². The average molecular weight is 293 g/mol. The topological polar surface area (TPSA) is 43.1 Å². The molecule has 82 valence electrons. The maximum absolute atomic E-state index is 10.7. The third-order valence-electron chi connectivity index (χ3n) is 2.05. The van der Waals surface area contributed by atoms with E-state index in [2.05, 4.69) is 15.9 Å². The number of nitro benzene ring substituents is 1. The molecule has 0 spiro atoms. The second-order valence-electron chi connectivity index (χ2n) is 3.35. The Balaban J connectivity index is 2.92. The van der Waals surface area contributed by atoms with Crippen molar-refractivity contribution in [2.45, 2.75) is 24.6 Å². The van der Waals surface area contributed by atoms with Crippen molar-refractivity contribution >= 4 is 33.2 Å². The van der Waals surface area contributed by atoms with Crippen LogP contribution >= 0.6 is 27.5 Å². The Morgan fingerprint density at radius 1 is 1.60 bits per heavy atom. The molecule has 0 aliphatic carbocycles. The highest BCUT2D eigenvalue weighted by atomic mass is 79.9. The Bertz CT molecular complexity index is 368. The minimum absolute atomic E-state index is 0.146. The van der Waals surface area contributed by atoms with Crippen LogP contribution in [-0.4, -0.2) is 9.75 Å². The summed E-state index contributed by atoms with van der Waals surface area (Å²) in [5.41, 5.74) is 0.839. The summed E-state index contributed by atoms with van der Waals surface area (Å²) >= 11 is 9.21. The first-order chi connectivity index (χ1) is 7.00. The third kappa shape index (κ3) is 3.80. The number of nitro groups is 1. The number of alkyl halides is 1. The van der Waals surface area contributed by atoms with Gasteiger partial charge < -0.3 is 0 Å². The Kier molecular flexibility index (Phi) is 4.54. The van der Waals surface area contributed by atoms with Crippen LogP contribution in [0.1, 0.15) is 18.9 Å². The minimum Gasteiger partial charge on any atom is -0.258 e. The number of benzene rings is 1. The molecule has 1 aromatic carbocycles. The van der Waals surface area contributed by atoms with Gasteiger partial charge in [-0.15, -0.1) is 0 Å². The summed E-state index contributed by atoms with van der Waals surface area (Å²) in [4.78, 5) is 10.7. The lowest BCUT2D eigenvalue weighted by Crippen LogP contribution is -1.99. The molecule has 0 aromatic heterocycles. The van der Waals surface area contributed by atoms with Gasteiger partial charge >= 0.3 is 0 Å². The van der Waals surface area contributed by atoms with Crippen molar-refractivity contribution in [3.05, 3.63) is 38.9 Å². The zero-order valence-corrected chi connectivity index (χ0v) is 10.6. The predicted molar refractivity (Wildman–Crippen MR) is 64.8 cm³/mol. The van der Waals surface area contributed by atoms with E-state index in [1.807, 2.05) is 6.92 Å². The van der Waals surface area contributed by atoms with Crippen LogP contribution in [0.15, 0.2) is 18.2 Å². The largest absolute Gasteiger partial charge is 0.272 e. The van der Waals surface area contributed by atoms with Crippen LogP contribution in [0, 0.1) is 10.1 Å². The number of aryl methyl sites for hydroxylation is 1. The molecule has 0 aliphatic heterocycles. The van der Waals surface area contributed by atoms with Gasteiger partial charge in [0.25, 0.3) is 5.69 Å². The molecule has 0 amide bonds. The molecule has 0 saturated heterocycles. The normalized spacial score (nSPS) is 12.5. The Morgan fingerprint density at radius 3 is 2.80 bits per heavy atom. The standard InChI is InChI=1S/C10H11BrClNO2/c1-7(11)2-3-8-6-9(12)4-5-10(8)13(14)15/h4-7H,2-3H2,1H3. The molecule has 1 atom stereocenters. The number of halogens is 2. The van der Waals surface area contributed by atoms with Crippen molar-refractivity contribution < 1.29 is 4.92 Å². The fraction of sp³-hybridized carbons (Fsp3) is 0.400. The quantitative estimate of drug-likeness (QED) is 0.479. The summed E-state index contributed by atoms with van der Waals surface area (Å²) in [5.74, 6) is 0. The van der Waals surface area contributed by atoms with Crippen LogP contribution in [0.5, 0.6) is 0 Å². The van der Waals surface area contributed by atoms with E-state index in [1.54, 1.807) is 12.1 Å². The zero-order chi connectivity index (χ0) is 11.4. The second kappa shape index (κ2) is 5.47. The van der Waals surface area contributed by atoms with E-state index >= 15 is 0 Å². The number of hydrogen-bond acceptors (Lipinski definition) is 2. The maximum atomic E-state index is 10.7. The molecule has 0 N–H and O–H groups in total. The summed E-state index contributed by atoms with van der Waals surface area (Å²) in [6, 6.07) is 4.66. The van der Waals surface area contributed by atoms with Crippen LogP contribution in [0.25, 0.3) is 0 Å². The molecule has 0 heterocycles. The van der Waals surface area contributed by atoms with E-state index in [4.69, 9.17) is 11.6 Å². The fourth-order valence-electron chi connectivity index (χ4n) is 1.29. The Labute approximate surface area is 102 Å². The lowest BCUT2D eigenvalue weighted by Gasteiger charge is -2.05. The van der Waals surface area contributed by atoms with Crippen molar-refractivity contribution in [3.63, 3.8) is 0 Å². The maximum Gasteiger partial charge on any atom is 0.272 e. The SMILES string of the molecule is CC(Br)CCc1cc(Cl)ccc1[N+](=O)[O-]. The van der Waals surface area contributed by atoms with E-state index in [-0.39, 0.29) is 10.6 Å². The molecule has 0 bridgehead atoms. The highest BCUT2D eigenvalue weighted by molar-refractivity contribution is 9.09. The third-order valence-corrected chi connectivity index (χ3v) is 2.74. The zero-order valence-electron chi connectivity index (χ0n) is 8.24. The van der Waals surface area contributed by atoms with Gasteiger partial charge in [0.1, 0.15) is 0 Å². The monoisotopic (exact) mass is 291 g/mol. The molecule has 5 heteroatoms. The van der Waals surface area contributed by atoms with Crippen LogP contribution in [-0.2, 0) is 6.42 Å². The van der Waals surface area contributed by atoms with E-state index in [1.165, 1.54) is 6.07 Å². The van der Waals surface area contributed by atoms with Gasteiger partial charge in [0, 0.05) is 21.5 Å². The van der Waals surface area contributed by atoms with Gasteiger partial charge in [-0.1, -0.05) is 34.5 Å². The average Bonchev–Trinajstić information content (AvgIpc) is 2.14. The smallest absolute Gasteiger partial charge is 0.258 e. The highest BCUT2D eigenvalue weighted by Gasteiger charge is 2.13. The fourth-order valence-corrected chi connectivity index (χ4v) is 1.71. The lowest BCUT2D eigenvalue weighted by molar-refractivity contribution is -0.385. The first-order valence-corrected chi connectivity index (χ1v) is 5.87. The molecule has 0 saturated carbocycles. The van der Waals surface area contributed by atoms with Gasteiger partial charge in [-0.05, 0) is 25.0 Å². The Hall–Kier alpha value is -0.610. The minimum atomic E-state index is -0.370. The van der Waals surface area contributed by atoms with Crippen molar-refractivity contribution in [1.82, 2.24) is 0 Å². The van der Waals surface area contributed by atoms with Crippen molar-refractivity contribution in [3.8, 4) is 0 Å². The molecule has 1 unspecified atom stereocenters. The first kappa shape index (κ1) is 12.5. The van der Waals surface area contributed by atoms with E-state index in [9.17, 15) is 10.1 Å². The lowest BCUT2D eigenvalue weighted by atomic mass is 10.1. The van der Waals surface area contributed by atoms with E-state index < -0.39 is 0 Å². The van der Waals surface area contributed by atoms with Gasteiger partial charge in [0.15, 0.2) is 0 Å². The summed E-state index contributed by atoms with van der Waals surface area (Å²) in [7, 11) is 0. The van der Waals surface area contributed by atoms with Gasteiger partial charge in [-0.25, -0.2) is 0 Å². The first-order valence-electron chi connectivity index (χ1n) is 4.57.